The van der Waals surface area contributed by atoms with Crippen molar-refractivity contribution in [2.45, 2.75) is 50.9 Å². The second kappa shape index (κ2) is 8.20. The van der Waals surface area contributed by atoms with Gasteiger partial charge in [-0.15, -0.1) is 0 Å². The van der Waals surface area contributed by atoms with Gasteiger partial charge in [0.2, 0.25) is 0 Å². The molecule has 0 bridgehead atoms. The Kier molecular flexibility index (Phi) is 6.53. The molecule has 0 amide bonds. The predicted octanol–water partition coefficient (Wildman–Crippen LogP) is 2.23. The van der Waals surface area contributed by atoms with Crippen LogP contribution in [0.1, 0.15) is 44.6 Å². The summed E-state index contributed by atoms with van der Waals surface area (Å²) in [6.07, 6.45) is 3.29. The highest BCUT2D eigenvalue weighted by atomic mass is 19.1. The molecule has 1 fully saturated rings. The molecule has 1 saturated heterocycles. The number of hydrogen-bond donors (Lipinski definition) is 3. The van der Waals surface area contributed by atoms with Crippen molar-refractivity contribution in [2.24, 2.45) is 5.92 Å². The molecule has 3 N–H and O–H groups in total. The van der Waals surface area contributed by atoms with Gasteiger partial charge in [0.1, 0.15) is 11.5 Å². The van der Waals surface area contributed by atoms with E-state index in [9.17, 15) is 19.7 Å². The summed E-state index contributed by atoms with van der Waals surface area (Å²) < 4.78 is 13.3. The standard InChI is InChI=1S/C18H28FNO3/c1-14(22)15(9-12-21)13-18(23,20-10-3-2-4-11-20)16-5-7-17(19)8-6-16/h5-8,14-15,21-23H,2-4,9-13H2,1H3. The fourth-order valence-corrected chi connectivity index (χ4v) is 3.46. The molecular formula is C18H28FNO3. The van der Waals surface area contributed by atoms with Crippen LogP contribution in [0.4, 0.5) is 4.39 Å². The van der Waals surface area contributed by atoms with Gasteiger partial charge in [-0.05, 0) is 56.2 Å². The summed E-state index contributed by atoms with van der Waals surface area (Å²) in [7, 11) is 0. The number of aliphatic hydroxyl groups is 3. The van der Waals surface area contributed by atoms with E-state index in [0.717, 1.165) is 32.4 Å². The lowest BCUT2D eigenvalue weighted by atomic mass is 9.84. The number of rotatable bonds is 7. The van der Waals surface area contributed by atoms with E-state index in [1.165, 1.54) is 12.1 Å². The molecule has 1 heterocycles. The van der Waals surface area contributed by atoms with Gasteiger partial charge in [-0.25, -0.2) is 4.39 Å². The van der Waals surface area contributed by atoms with Gasteiger partial charge in [0.05, 0.1) is 6.10 Å². The largest absolute Gasteiger partial charge is 0.396 e. The van der Waals surface area contributed by atoms with E-state index in [0.29, 0.717) is 18.4 Å². The van der Waals surface area contributed by atoms with Gasteiger partial charge in [-0.1, -0.05) is 18.6 Å². The van der Waals surface area contributed by atoms with Gasteiger partial charge in [-0.3, -0.25) is 4.90 Å². The van der Waals surface area contributed by atoms with Crippen molar-refractivity contribution in [2.75, 3.05) is 19.7 Å². The quantitative estimate of drug-likeness (QED) is 0.719. The Labute approximate surface area is 137 Å². The molecule has 1 aliphatic heterocycles. The molecule has 130 valence electrons. The smallest absolute Gasteiger partial charge is 0.144 e. The van der Waals surface area contributed by atoms with E-state index in [2.05, 4.69) is 0 Å². The van der Waals surface area contributed by atoms with Crippen molar-refractivity contribution in [1.82, 2.24) is 4.90 Å². The topological polar surface area (TPSA) is 63.9 Å². The van der Waals surface area contributed by atoms with E-state index >= 15 is 0 Å². The fraction of sp³-hybridized carbons (Fsp3) is 0.667. The highest BCUT2D eigenvalue weighted by Gasteiger charge is 2.39. The van der Waals surface area contributed by atoms with Crippen molar-refractivity contribution >= 4 is 0 Å². The zero-order chi connectivity index (χ0) is 16.9. The molecule has 23 heavy (non-hydrogen) atoms. The third kappa shape index (κ3) is 4.51. The molecule has 0 spiro atoms. The van der Waals surface area contributed by atoms with Crippen LogP contribution in [0.15, 0.2) is 24.3 Å². The van der Waals surface area contributed by atoms with Crippen LogP contribution in [0.25, 0.3) is 0 Å². The zero-order valence-electron chi connectivity index (χ0n) is 13.8. The number of piperidine rings is 1. The van der Waals surface area contributed by atoms with Crippen LogP contribution in [0.2, 0.25) is 0 Å². The molecule has 0 aromatic heterocycles. The molecule has 0 saturated carbocycles. The molecule has 4 nitrogen and oxygen atoms in total. The van der Waals surface area contributed by atoms with Gasteiger partial charge in [0.15, 0.2) is 0 Å². The third-order valence-corrected chi connectivity index (χ3v) is 4.91. The molecule has 3 atom stereocenters. The molecule has 2 rings (SSSR count). The second-order valence-electron chi connectivity index (χ2n) is 6.59. The maximum atomic E-state index is 13.3. The first-order chi connectivity index (χ1) is 11.0. The molecule has 5 heteroatoms. The fourth-order valence-electron chi connectivity index (χ4n) is 3.46. The van der Waals surface area contributed by atoms with E-state index in [1.807, 2.05) is 4.90 Å². The average Bonchev–Trinajstić information content (AvgIpc) is 2.55. The molecule has 1 aromatic carbocycles. The first-order valence-corrected chi connectivity index (χ1v) is 8.50. The van der Waals surface area contributed by atoms with E-state index in [4.69, 9.17) is 0 Å². The van der Waals surface area contributed by atoms with Crippen molar-refractivity contribution in [1.29, 1.82) is 0 Å². The van der Waals surface area contributed by atoms with Crippen molar-refractivity contribution in [3.63, 3.8) is 0 Å². The number of aliphatic hydroxyl groups excluding tert-OH is 2. The lowest BCUT2D eigenvalue weighted by Crippen LogP contribution is -2.50. The summed E-state index contributed by atoms with van der Waals surface area (Å²) >= 11 is 0. The van der Waals surface area contributed by atoms with Crippen LogP contribution in [0.3, 0.4) is 0 Å². The lowest BCUT2D eigenvalue weighted by Gasteiger charge is -2.44. The summed E-state index contributed by atoms with van der Waals surface area (Å²) in [5.74, 6) is -0.561. The van der Waals surface area contributed by atoms with Gasteiger partial charge < -0.3 is 15.3 Å². The monoisotopic (exact) mass is 325 g/mol. The second-order valence-corrected chi connectivity index (χ2v) is 6.59. The summed E-state index contributed by atoms with van der Waals surface area (Å²) in [5, 5.41) is 30.7. The molecular weight excluding hydrogens is 297 g/mol. The number of hydrogen-bond acceptors (Lipinski definition) is 4. The molecule has 0 aliphatic carbocycles. The van der Waals surface area contributed by atoms with Crippen LogP contribution < -0.4 is 0 Å². The summed E-state index contributed by atoms with van der Waals surface area (Å²) in [4.78, 5) is 2.02. The Hall–Kier alpha value is -1.01. The molecule has 1 aromatic rings. The Bertz CT molecular complexity index is 474. The Morgan fingerprint density at radius 2 is 1.78 bits per heavy atom. The van der Waals surface area contributed by atoms with Crippen LogP contribution >= 0.6 is 0 Å². The van der Waals surface area contributed by atoms with Gasteiger partial charge in [0.25, 0.3) is 0 Å². The summed E-state index contributed by atoms with van der Waals surface area (Å²) in [6, 6.07) is 5.94. The minimum atomic E-state index is -1.25. The number of benzene rings is 1. The normalized spacial score (nSPS) is 21.6. The predicted molar refractivity (Wildman–Crippen MR) is 87.2 cm³/mol. The van der Waals surface area contributed by atoms with Crippen molar-refractivity contribution < 1.29 is 19.7 Å². The highest BCUT2D eigenvalue weighted by molar-refractivity contribution is 5.23. The molecule has 0 radical (unpaired) electrons. The number of halogens is 1. The average molecular weight is 325 g/mol. The molecule has 3 unspecified atom stereocenters. The van der Waals surface area contributed by atoms with E-state index < -0.39 is 11.8 Å². The van der Waals surface area contributed by atoms with Crippen LogP contribution in [0.5, 0.6) is 0 Å². The zero-order valence-corrected chi connectivity index (χ0v) is 13.8. The third-order valence-electron chi connectivity index (χ3n) is 4.91. The van der Waals surface area contributed by atoms with Crippen LogP contribution in [0, 0.1) is 11.7 Å². The number of likely N-dealkylation sites (tertiary alicyclic amines) is 1. The Balaban J connectivity index is 2.31. The van der Waals surface area contributed by atoms with E-state index in [-0.39, 0.29) is 18.3 Å². The van der Waals surface area contributed by atoms with Crippen molar-refractivity contribution in [3.05, 3.63) is 35.6 Å². The van der Waals surface area contributed by atoms with Crippen LogP contribution in [-0.4, -0.2) is 46.0 Å². The molecule has 1 aliphatic rings. The first kappa shape index (κ1) is 18.3. The van der Waals surface area contributed by atoms with Crippen LogP contribution in [-0.2, 0) is 5.72 Å². The SMILES string of the molecule is CC(O)C(CCO)CC(O)(c1ccc(F)cc1)N1CCCCC1. The maximum absolute atomic E-state index is 13.3. The highest BCUT2D eigenvalue weighted by Crippen LogP contribution is 2.36. The summed E-state index contributed by atoms with van der Waals surface area (Å²) in [6.45, 7) is 3.20. The van der Waals surface area contributed by atoms with Crippen molar-refractivity contribution in [3.8, 4) is 0 Å². The minimum absolute atomic E-state index is 0.0327. The van der Waals surface area contributed by atoms with Gasteiger partial charge in [-0.2, -0.15) is 0 Å². The lowest BCUT2D eigenvalue weighted by molar-refractivity contribution is -0.146. The number of nitrogens with zero attached hydrogens (tertiary/aromatic N) is 1. The summed E-state index contributed by atoms with van der Waals surface area (Å²) in [5.41, 5.74) is -0.602. The first-order valence-electron chi connectivity index (χ1n) is 8.50. The van der Waals surface area contributed by atoms with E-state index in [1.54, 1.807) is 19.1 Å². The van der Waals surface area contributed by atoms with Gasteiger partial charge >= 0.3 is 0 Å². The van der Waals surface area contributed by atoms with Gasteiger partial charge in [0, 0.05) is 19.7 Å². The minimum Gasteiger partial charge on any atom is -0.396 e. The Morgan fingerprint density at radius 1 is 1.17 bits per heavy atom. The Morgan fingerprint density at radius 3 is 2.30 bits per heavy atom. The maximum Gasteiger partial charge on any atom is 0.144 e.